The van der Waals surface area contributed by atoms with E-state index in [-0.39, 0.29) is 11.1 Å². The van der Waals surface area contributed by atoms with Crippen LogP contribution in [0.5, 0.6) is 0 Å². The summed E-state index contributed by atoms with van der Waals surface area (Å²) in [6, 6.07) is 9.07. The lowest BCUT2D eigenvalue weighted by Gasteiger charge is -2.09. The molecule has 0 aliphatic heterocycles. The maximum absolute atomic E-state index is 13.6. The summed E-state index contributed by atoms with van der Waals surface area (Å²) in [6.07, 6.45) is 0. The van der Waals surface area contributed by atoms with Gasteiger partial charge in [0, 0.05) is 9.64 Å². The average molecular weight is 373 g/mol. The Labute approximate surface area is 123 Å². The Morgan fingerprint density at radius 1 is 1.16 bits per heavy atom. The number of para-hydroxylation sites is 1. The number of anilines is 1. The normalized spacial score (nSPS) is 10.3. The molecule has 0 atom stereocenters. The Hall–Kier alpha value is -1.50. The van der Waals surface area contributed by atoms with Crippen molar-refractivity contribution in [1.82, 2.24) is 0 Å². The molecule has 1 N–H and O–H groups in total. The highest BCUT2D eigenvalue weighted by Crippen LogP contribution is 2.20. The largest absolute Gasteiger partial charge is 0.321 e. The van der Waals surface area contributed by atoms with Crippen LogP contribution in [0.25, 0.3) is 0 Å². The van der Waals surface area contributed by atoms with Crippen LogP contribution >= 0.6 is 22.6 Å². The number of hydrogen-bond donors (Lipinski definition) is 1. The summed E-state index contributed by atoms with van der Waals surface area (Å²) in [4.78, 5) is 12.0. The second-order valence-electron chi connectivity index (χ2n) is 4.02. The molecule has 1 amide bonds. The van der Waals surface area contributed by atoms with Crippen molar-refractivity contribution in [1.29, 1.82) is 0 Å². The number of benzene rings is 2. The minimum atomic E-state index is -0.869. The maximum Gasteiger partial charge on any atom is 0.258 e. The van der Waals surface area contributed by atoms with E-state index in [9.17, 15) is 13.6 Å². The van der Waals surface area contributed by atoms with Crippen LogP contribution in [-0.2, 0) is 0 Å². The van der Waals surface area contributed by atoms with E-state index in [1.54, 1.807) is 12.1 Å². The van der Waals surface area contributed by atoms with Crippen LogP contribution in [0.1, 0.15) is 15.9 Å². The van der Waals surface area contributed by atoms with Gasteiger partial charge in [-0.3, -0.25) is 4.79 Å². The lowest BCUT2D eigenvalue weighted by molar-refractivity contribution is 0.102. The van der Waals surface area contributed by atoms with Gasteiger partial charge in [-0.05, 0) is 53.3 Å². The molecule has 0 aliphatic rings. The Bertz CT molecular complexity index is 643. The highest BCUT2D eigenvalue weighted by atomic mass is 127. The molecule has 0 aromatic heterocycles. The fraction of sp³-hybridized carbons (Fsp3) is 0.0714. The molecule has 2 nitrogen and oxygen atoms in total. The van der Waals surface area contributed by atoms with Crippen LogP contribution in [0, 0.1) is 22.1 Å². The van der Waals surface area contributed by atoms with Gasteiger partial charge >= 0.3 is 0 Å². The summed E-state index contributed by atoms with van der Waals surface area (Å²) in [5.41, 5.74) is 0.655. The van der Waals surface area contributed by atoms with Crippen LogP contribution in [0.15, 0.2) is 36.4 Å². The van der Waals surface area contributed by atoms with Crippen LogP contribution in [0.4, 0.5) is 14.5 Å². The number of amides is 1. The smallest absolute Gasteiger partial charge is 0.258 e. The monoisotopic (exact) mass is 373 g/mol. The van der Waals surface area contributed by atoms with Gasteiger partial charge in [0.15, 0.2) is 0 Å². The molecule has 0 spiro atoms. The van der Waals surface area contributed by atoms with E-state index < -0.39 is 17.5 Å². The molecule has 98 valence electrons. The molecule has 0 radical (unpaired) electrons. The minimum absolute atomic E-state index is 0.168. The van der Waals surface area contributed by atoms with Crippen LogP contribution in [0.3, 0.4) is 0 Å². The standard InChI is InChI=1S/C14H10F2INO/c1-8-6-9(11(16)7-10(8)15)14(19)18-13-5-3-2-4-12(13)17/h2-7H,1H3,(H,18,19). The quantitative estimate of drug-likeness (QED) is 0.789. The summed E-state index contributed by atoms with van der Waals surface area (Å²) >= 11 is 2.07. The van der Waals surface area contributed by atoms with E-state index in [2.05, 4.69) is 27.9 Å². The predicted octanol–water partition coefficient (Wildman–Crippen LogP) is 4.13. The van der Waals surface area contributed by atoms with E-state index in [4.69, 9.17) is 0 Å². The van der Waals surface area contributed by atoms with E-state index in [1.807, 2.05) is 12.1 Å². The van der Waals surface area contributed by atoms with Gasteiger partial charge in [-0.25, -0.2) is 8.78 Å². The molecule has 0 unspecified atom stereocenters. The third kappa shape index (κ3) is 3.09. The van der Waals surface area contributed by atoms with Crippen molar-refractivity contribution in [3.05, 3.63) is 62.7 Å². The molecule has 0 fully saturated rings. The fourth-order valence-corrected chi connectivity index (χ4v) is 2.11. The zero-order chi connectivity index (χ0) is 14.0. The van der Waals surface area contributed by atoms with E-state index in [1.165, 1.54) is 13.0 Å². The van der Waals surface area contributed by atoms with Gasteiger partial charge in [0.1, 0.15) is 11.6 Å². The first-order valence-corrected chi connectivity index (χ1v) is 6.58. The molecule has 0 heterocycles. The van der Waals surface area contributed by atoms with Gasteiger partial charge in [0.05, 0.1) is 11.3 Å². The number of aryl methyl sites for hydroxylation is 1. The maximum atomic E-state index is 13.6. The summed E-state index contributed by atoms with van der Waals surface area (Å²) in [5, 5.41) is 2.61. The average Bonchev–Trinajstić information content (AvgIpc) is 2.36. The molecule has 0 saturated carbocycles. The van der Waals surface area contributed by atoms with Crippen LogP contribution < -0.4 is 5.32 Å². The molecular weight excluding hydrogens is 363 g/mol. The number of rotatable bonds is 2. The summed E-state index contributed by atoms with van der Waals surface area (Å²) in [6.45, 7) is 1.48. The number of carbonyl (C=O) groups excluding carboxylic acids is 1. The predicted molar refractivity (Wildman–Crippen MR) is 78.2 cm³/mol. The summed E-state index contributed by atoms with van der Waals surface area (Å²) < 4.78 is 27.6. The SMILES string of the molecule is Cc1cc(C(=O)Nc2ccccc2I)c(F)cc1F. The van der Waals surface area contributed by atoms with Gasteiger partial charge in [0.2, 0.25) is 0 Å². The molecule has 0 saturated heterocycles. The van der Waals surface area contributed by atoms with Gasteiger partial charge in [-0.1, -0.05) is 12.1 Å². The van der Waals surface area contributed by atoms with Crippen LogP contribution in [0.2, 0.25) is 0 Å². The van der Waals surface area contributed by atoms with Gasteiger partial charge < -0.3 is 5.32 Å². The number of nitrogens with one attached hydrogen (secondary N) is 1. The van der Waals surface area contributed by atoms with Crippen molar-refractivity contribution in [2.45, 2.75) is 6.92 Å². The lowest BCUT2D eigenvalue weighted by Crippen LogP contribution is -2.15. The summed E-state index contributed by atoms with van der Waals surface area (Å²) in [5.74, 6) is -2.13. The van der Waals surface area contributed by atoms with E-state index in [0.29, 0.717) is 5.69 Å². The topological polar surface area (TPSA) is 29.1 Å². The first kappa shape index (κ1) is 13.9. The fourth-order valence-electron chi connectivity index (χ4n) is 1.58. The molecule has 19 heavy (non-hydrogen) atoms. The molecule has 0 bridgehead atoms. The Morgan fingerprint density at radius 2 is 1.84 bits per heavy atom. The number of carbonyl (C=O) groups is 1. The van der Waals surface area contributed by atoms with Gasteiger partial charge in [-0.2, -0.15) is 0 Å². The van der Waals surface area contributed by atoms with Crippen molar-refractivity contribution in [3.63, 3.8) is 0 Å². The highest BCUT2D eigenvalue weighted by Gasteiger charge is 2.15. The first-order valence-electron chi connectivity index (χ1n) is 5.50. The van der Waals surface area contributed by atoms with Crippen molar-refractivity contribution < 1.29 is 13.6 Å². The Balaban J connectivity index is 2.31. The second-order valence-corrected chi connectivity index (χ2v) is 5.18. The highest BCUT2D eigenvalue weighted by molar-refractivity contribution is 14.1. The van der Waals surface area contributed by atoms with Crippen molar-refractivity contribution in [3.8, 4) is 0 Å². The molecule has 2 aromatic carbocycles. The number of halogens is 3. The summed E-state index contributed by atoms with van der Waals surface area (Å²) in [7, 11) is 0. The van der Waals surface area contributed by atoms with Gasteiger partial charge in [-0.15, -0.1) is 0 Å². The lowest BCUT2D eigenvalue weighted by atomic mass is 10.1. The third-order valence-electron chi connectivity index (χ3n) is 2.61. The second kappa shape index (κ2) is 5.64. The minimum Gasteiger partial charge on any atom is -0.321 e. The van der Waals surface area contributed by atoms with Gasteiger partial charge in [0.25, 0.3) is 5.91 Å². The van der Waals surface area contributed by atoms with Crippen molar-refractivity contribution in [2.75, 3.05) is 5.32 Å². The first-order chi connectivity index (χ1) is 8.99. The molecular formula is C14H10F2INO. The van der Waals surface area contributed by atoms with E-state index in [0.717, 1.165) is 9.64 Å². The zero-order valence-corrected chi connectivity index (χ0v) is 12.2. The molecule has 2 aromatic rings. The molecule has 5 heteroatoms. The third-order valence-corrected chi connectivity index (χ3v) is 3.56. The molecule has 2 rings (SSSR count). The van der Waals surface area contributed by atoms with Crippen LogP contribution in [-0.4, -0.2) is 5.91 Å². The Kier molecular flexibility index (Phi) is 4.14. The zero-order valence-electron chi connectivity index (χ0n) is 10.0. The Morgan fingerprint density at radius 3 is 2.53 bits per heavy atom. The number of hydrogen-bond acceptors (Lipinski definition) is 1. The molecule has 0 aliphatic carbocycles. The van der Waals surface area contributed by atoms with Crippen molar-refractivity contribution >= 4 is 34.2 Å². The van der Waals surface area contributed by atoms with Crippen molar-refractivity contribution in [2.24, 2.45) is 0 Å². The van der Waals surface area contributed by atoms with E-state index >= 15 is 0 Å².